The minimum atomic E-state index is 0. The fourth-order valence-corrected chi connectivity index (χ4v) is 1.50. The molecule has 1 saturated carbocycles. The first-order valence-electron chi connectivity index (χ1n) is 2.90. The zero-order valence-electron chi connectivity index (χ0n) is 4.91. The smallest absolute Gasteiger partial charge is 0 e. The molecule has 0 aromatic carbocycles. The van der Waals surface area contributed by atoms with Gasteiger partial charge in [-0.25, -0.2) is 4.83 Å². The zero-order chi connectivity index (χ0) is 5.11. The molecule has 0 radical (unpaired) electrons. The summed E-state index contributed by atoms with van der Waals surface area (Å²) >= 11 is 3.50. The van der Waals surface area contributed by atoms with E-state index in [4.69, 9.17) is 0 Å². The molecule has 1 aliphatic rings. The Labute approximate surface area is 74.4 Å². The molecule has 2 heteroatoms. The van der Waals surface area contributed by atoms with Crippen LogP contribution in [0.25, 0.3) is 0 Å². The third-order valence-electron chi connectivity index (χ3n) is 1.40. The van der Waals surface area contributed by atoms with Crippen molar-refractivity contribution >= 4 is 15.9 Å². The van der Waals surface area contributed by atoms with Crippen LogP contribution >= 0.6 is 15.9 Å². The van der Waals surface area contributed by atoms with Crippen molar-refractivity contribution in [1.82, 2.24) is 0 Å². The van der Waals surface area contributed by atoms with Gasteiger partial charge in [-0.2, -0.15) is 12.8 Å². The molecule has 1 rings (SSSR count). The molecule has 0 aromatic rings. The summed E-state index contributed by atoms with van der Waals surface area (Å²) in [6, 6.07) is 0. The predicted molar refractivity (Wildman–Crippen MR) is 35.3 cm³/mol. The van der Waals surface area contributed by atoms with Crippen LogP contribution in [-0.4, -0.2) is 0 Å². The third kappa shape index (κ3) is 3.27. The van der Waals surface area contributed by atoms with E-state index in [2.05, 4.69) is 15.9 Å². The largest absolute Gasteiger partial charge is 0.317 e. The summed E-state index contributed by atoms with van der Waals surface area (Å²) in [5.74, 6) is 0. The van der Waals surface area contributed by atoms with Gasteiger partial charge in [-0.3, -0.25) is 0 Å². The Balaban J connectivity index is 0.000000490. The minimum absolute atomic E-state index is 0. The van der Waals surface area contributed by atoms with Gasteiger partial charge < -0.3 is 15.9 Å². The second-order valence-electron chi connectivity index (χ2n) is 2.08. The van der Waals surface area contributed by atoms with Crippen molar-refractivity contribution in [3.05, 3.63) is 4.83 Å². The van der Waals surface area contributed by atoms with E-state index >= 15 is 0 Å². The van der Waals surface area contributed by atoms with Crippen molar-refractivity contribution in [2.75, 3.05) is 0 Å². The molecule has 0 N–H and O–H groups in total. The maximum absolute atomic E-state index is 3.50. The van der Waals surface area contributed by atoms with Crippen LogP contribution in [0, 0.1) is 4.83 Å². The van der Waals surface area contributed by atoms with Gasteiger partial charge in [0.2, 0.25) is 0 Å². The Kier molecular flexibility index (Phi) is 5.77. The van der Waals surface area contributed by atoms with Gasteiger partial charge >= 0.3 is 0 Å². The summed E-state index contributed by atoms with van der Waals surface area (Å²) in [4.78, 5) is 1.53. The molecule has 0 heterocycles. The number of hydrogen-bond donors (Lipinski definition) is 0. The van der Waals surface area contributed by atoms with Gasteiger partial charge in [0.05, 0.1) is 0 Å². The average molecular weight is 210 g/mol. The zero-order valence-corrected chi connectivity index (χ0v) is 8.06. The van der Waals surface area contributed by atoms with Gasteiger partial charge in [-0.15, -0.1) is 0 Å². The first kappa shape index (κ1) is 9.19. The van der Waals surface area contributed by atoms with Crippen LogP contribution in [0.1, 0.15) is 32.1 Å². The molecule has 0 aliphatic heterocycles. The van der Waals surface area contributed by atoms with E-state index in [-0.39, 0.29) is 21.7 Å². The molecule has 0 bridgehead atoms. The molecule has 1 aliphatic carbocycles. The molecule has 46 valence electrons. The number of halogens is 1. The van der Waals surface area contributed by atoms with E-state index in [1.807, 2.05) is 0 Å². The van der Waals surface area contributed by atoms with E-state index in [9.17, 15) is 0 Å². The molecule has 0 amide bonds. The van der Waals surface area contributed by atoms with Gasteiger partial charge in [-0.1, -0.05) is 19.3 Å². The Hall–Kier alpha value is 1.19. The summed E-state index contributed by atoms with van der Waals surface area (Å²) < 4.78 is 0. The summed E-state index contributed by atoms with van der Waals surface area (Å²) in [6.07, 6.45) is 6.89. The molecule has 0 aromatic heterocycles. The average Bonchev–Trinajstić information content (AvgIpc) is 1.69. The van der Waals surface area contributed by atoms with Crippen molar-refractivity contribution in [2.24, 2.45) is 0 Å². The van der Waals surface area contributed by atoms with E-state index < -0.39 is 0 Å². The molecule has 8 heavy (non-hydrogen) atoms. The predicted octanol–water partition coefficient (Wildman–Crippen LogP) is 2.87. The fraction of sp³-hybridized carbons (Fsp3) is 0.833. The minimum Gasteiger partial charge on any atom is -0.317 e. The monoisotopic (exact) mass is 209 g/mol. The molecule has 0 saturated heterocycles. The molecule has 0 nitrogen and oxygen atoms in total. The first-order valence-corrected chi connectivity index (χ1v) is 3.69. The quantitative estimate of drug-likeness (QED) is 0.425. The van der Waals surface area contributed by atoms with E-state index in [0.717, 1.165) is 0 Å². The summed E-state index contributed by atoms with van der Waals surface area (Å²) in [7, 11) is 0. The summed E-state index contributed by atoms with van der Waals surface area (Å²) in [5, 5.41) is 0. The fourth-order valence-electron chi connectivity index (χ4n) is 0.935. The SMILES string of the molecule is Br[C-]1CCCCC1.[Ti]. The molecule has 0 spiro atoms. The van der Waals surface area contributed by atoms with Crippen molar-refractivity contribution < 1.29 is 21.7 Å². The molecular formula is C6H10BrTi-. The van der Waals surface area contributed by atoms with E-state index in [1.54, 1.807) is 0 Å². The molecule has 0 atom stereocenters. The first-order chi connectivity index (χ1) is 3.39. The number of rotatable bonds is 0. The van der Waals surface area contributed by atoms with Crippen LogP contribution in [0.3, 0.4) is 0 Å². The second-order valence-corrected chi connectivity index (χ2v) is 3.20. The maximum Gasteiger partial charge on any atom is 0 e. The van der Waals surface area contributed by atoms with Crippen molar-refractivity contribution in [2.45, 2.75) is 32.1 Å². The van der Waals surface area contributed by atoms with Gasteiger partial charge in [0, 0.05) is 21.7 Å². The van der Waals surface area contributed by atoms with Gasteiger partial charge in [0.25, 0.3) is 0 Å². The van der Waals surface area contributed by atoms with E-state index in [0.29, 0.717) is 0 Å². The Bertz CT molecular complexity index is 50.5. The Morgan fingerprint density at radius 3 is 1.75 bits per heavy atom. The topological polar surface area (TPSA) is 0 Å². The van der Waals surface area contributed by atoms with Gasteiger partial charge in [0.15, 0.2) is 0 Å². The molecule has 0 unspecified atom stereocenters. The van der Waals surface area contributed by atoms with Crippen molar-refractivity contribution in [3.8, 4) is 0 Å². The Morgan fingerprint density at radius 2 is 1.50 bits per heavy atom. The normalized spacial score (nSPS) is 22.1. The maximum atomic E-state index is 3.50. The van der Waals surface area contributed by atoms with Crippen molar-refractivity contribution in [1.29, 1.82) is 0 Å². The molecule has 1 fully saturated rings. The van der Waals surface area contributed by atoms with Crippen LogP contribution in [-0.2, 0) is 21.7 Å². The van der Waals surface area contributed by atoms with E-state index in [1.165, 1.54) is 36.9 Å². The van der Waals surface area contributed by atoms with Crippen LogP contribution in [0.5, 0.6) is 0 Å². The standard InChI is InChI=1S/C6H10Br.Ti/c7-6-4-2-1-3-5-6;/h1-5H2;/q-1;. The third-order valence-corrected chi connectivity index (χ3v) is 2.19. The van der Waals surface area contributed by atoms with Gasteiger partial charge in [0.1, 0.15) is 0 Å². The molecular weight excluding hydrogens is 200 g/mol. The van der Waals surface area contributed by atoms with Crippen LogP contribution in [0.15, 0.2) is 0 Å². The Morgan fingerprint density at radius 1 is 1.00 bits per heavy atom. The second kappa shape index (κ2) is 5.02. The number of hydrogen-bond acceptors (Lipinski definition) is 0. The van der Waals surface area contributed by atoms with Crippen LogP contribution in [0.4, 0.5) is 0 Å². The summed E-state index contributed by atoms with van der Waals surface area (Å²) in [5.41, 5.74) is 0. The van der Waals surface area contributed by atoms with Crippen molar-refractivity contribution in [3.63, 3.8) is 0 Å². The summed E-state index contributed by atoms with van der Waals surface area (Å²) in [6.45, 7) is 0. The van der Waals surface area contributed by atoms with Gasteiger partial charge in [-0.05, 0) is 0 Å². The van der Waals surface area contributed by atoms with Crippen LogP contribution in [0.2, 0.25) is 0 Å². The van der Waals surface area contributed by atoms with Crippen LogP contribution < -0.4 is 0 Å².